The first-order valence-electron chi connectivity index (χ1n) is 9.85. The number of anilines is 2. The van der Waals surface area contributed by atoms with Gasteiger partial charge < -0.3 is 10.4 Å². The highest BCUT2D eigenvalue weighted by Gasteiger charge is 2.33. The summed E-state index contributed by atoms with van der Waals surface area (Å²) in [6.07, 6.45) is 2.55. The fourth-order valence-electron chi connectivity index (χ4n) is 3.46. The highest BCUT2D eigenvalue weighted by atomic mass is 79.9. The number of thiazole rings is 1. The number of amides is 3. The average Bonchev–Trinajstić information content (AvgIpc) is 3.33. The number of aliphatic carboxylic acids is 1. The molecule has 10 heteroatoms. The van der Waals surface area contributed by atoms with Gasteiger partial charge >= 0.3 is 5.97 Å². The molecule has 1 aliphatic rings. The van der Waals surface area contributed by atoms with E-state index in [1.807, 2.05) is 19.1 Å². The minimum atomic E-state index is -1.04. The molecular weight excluding hydrogens is 486 g/mol. The van der Waals surface area contributed by atoms with Gasteiger partial charge in [0.05, 0.1) is 21.6 Å². The van der Waals surface area contributed by atoms with Crippen LogP contribution in [0.2, 0.25) is 0 Å². The number of carboxylic acid groups (broad SMARTS) is 1. The van der Waals surface area contributed by atoms with Crippen molar-refractivity contribution in [2.75, 3.05) is 10.2 Å². The summed E-state index contributed by atoms with van der Waals surface area (Å²) in [5.74, 6) is -2.77. The molecule has 1 aromatic carbocycles. The van der Waals surface area contributed by atoms with E-state index in [4.69, 9.17) is 5.11 Å². The molecule has 1 heterocycles. The normalized spacial score (nSPS) is 13.7. The van der Waals surface area contributed by atoms with Gasteiger partial charge in [-0.2, -0.15) is 0 Å². The Morgan fingerprint density at radius 1 is 1.19 bits per heavy atom. The van der Waals surface area contributed by atoms with Crippen LogP contribution in [-0.4, -0.2) is 33.8 Å². The molecule has 1 aliphatic carbocycles. The van der Waals surface area contributed by atoms with Crippen molar-refractivity contribution in [1.29, 1.82) is 0 Å². The standard InChI is InChI=1S/C21H22BrN3O5S/c1-12-6-8-14(9-7-12)25(20(30)13-4-2-3-5-13)17(27)11-16(26)24-21-23-15(10-18(28)29)19(22)31-21/h6-9,13H,2-5,10-11H2,1H3,(H,28,29)(H,23,24,26). The summed E-state index contributed by atoms with van der Waals surface area (Å²) in [5.41, 5.74) is 1.73. The molecule has 0 unspecified atom stereocenters. The monoisotopic (exact) mass is 507 g/mol. The molecule has 1 fully saturated rings. The van der Waals surface area contributed by atoms with Crippen LogP contribution in [0.15, 0.2) is 28.1 Å². The van der Waals surface area contributed by atoms with Gasteiger partial charge in [0.1, 0.15) is 6.42 Å². The first-order chi connectivity index (χ1) is 14.7. The molecule has 1 aromatic heterocycles. The van der Waals surface area contributed by atoms with Crippen molar-refractivity contribution in [3.05, 3.63) is 39.3 Å². The van der Waals surface area contributed by atoms with Crippen LogP contribution in [0.25, 0.3) is 0 Å². The second-order valence-corrected chi connectivity index (χ2v) is 9.74. The molecule has 1 saturated carbocycles. The van der Waals surface area contributed by atoms with Crippen molar-refractivity contribution >= 4 is 61.8 Å². The molecule has 31 heavy (non-hydrogen) atoms. The topological polar surface area (TPSA) is 117 Å². The SMILES string of the molecule is Cc1ccc(N(C(=O)CC(=O)Nc2nc(CC(=O)O)c(Br)s2)C(=O)C2CCCC2)cc1. The highest BCUT2D eigenvalue weighted by molar-refractivity contribution is 9.11. The molecule has 0 spiro atoms. The van der Waals surface area contributed by atoms with E-state index in [-0.39, 0.29) is 29.1 Å². The number of aromatic nitrogens is 1. The van der Waals surface area contributed by atoms with Gasteiger partial charge in [-0.15, -0.1) is 0 Å². The smallest absolute Gasteiger partial charge is 0.309 e. The lowest BCUT2D eigenvalue weighted by atomic mass is 10.1. The zero-order chi connectivity index (χ0) is 22.5. The fraction of sp³-hybridized carbons (Fsp3) is 0.381. The third-order valence-electron chi connectivity index (χ3n) is 4.99. The fourth-order valence-corrected chi connectivity index (χ4v) is 4.88. The third kappa shape index (κ3) is 5.98. The maximum atomic E-state index is 13.1. The average molecular weight is 508 g/mol. The number of hydrogen-bond donors (Lipinski definition) is 2. The largest absolute Gasteiger partial charge is 0.481 e. The Labute approximate surface area is 191 Å². The summed E-state index contributed by atoms with van der Waals surface area (Å²) in [7, 11) is 0. The summed E-state index contributed by atoms with van der Waals surface area (Å²) < 4.78 is 0.495. The first kappa shape index (κ1) is 23.1. The predicted octanol–water partition coefficient (Wildman–Crippen LogP) is 3.92. The summed E-state index contributed by atoms with van der Waals surface area (Å²) in [4.78, 5) is 54.6. The van der Waals surface area contributed by atoms with Crippen LogP contribution in [0.4, 0.5) is 10.8 Å². The molecule has 0 atom stereocenters. The van der Waals surface area contributed by atoms with Crippen molar-refractivity contribution in [1.82, 2.24) is 4.98 Å². The lowest BCUT2D eigenvalue weighted by Gasteiger charge is -2.24. The molecule has 2 N–H and O–H groups in total. The molecule has 0 saturated heterocycles. The lowest BCUT2D eigenvalue weighted by Crippen LogP contribution is -2.42. The molecule has 0 aliphatic heterocycles. The number of carbonyl (C=O) groups is 4. The van der Waals surface area contributed by atoms with Crippen LogP contribution in [-0.2, 0) is 25.6 Å². The van der Waals surface area contributed by atoms with Gasteiger partial charge in [0, 0.05) is 5.92 Å². The lowest BCUT2D eigenvalue weighted by molar-refractivity contribution is -0.136. The second kappa shape index (κ2) is 10.1. The van der Waals surface area contributed by atoms with Crippen molar-refractivity contribution < 1.29 is 24.3 Å². The number of imide groups is 1. The quantitative estimate of drug-likeness (QED) is 0.548. The molecule has 0 bridgehead atoms. The number of nitrogens with zero attached hydrogens (tertiary/aromatic N) is 2. The van der Waals surface area contributed by atoms with Crippen LogP contribution in [0, 0.1) is 12.8 Å². The van der Waals surface area contributed by atoms with Gasteiger partial charge in [-0.1, -0.05) is 41.9 Å². The number of carbonyl (C=O) groups excluding carboxylic acids is 3. The van der Waals surface area contributed by atoms with Crippen molar-refractivity contribution in [2.45, 2.75) is 45.4 Å². The minimum absolute atomic E-state index is 0.185. The molecule has 8 nitrogen and oxygen atoms in total. The summed E-state index contributed by atoms with van der Waals surface area (Å²) >= 11 is 4.29. The first-order valence-corrected chi connectivity index (χ1v) is 11.5. The van der Waals surface area contributed by atoms with E-state index in [0.717, 1.165) is 47.5 Å². The Hall–Kier alpha value is -2.59. The Morgan fingerprint density at radius 3 is 2.45 bits per heavy atom. The Balaban J connectivity index is 1.73. The van der Waals surface area contributed by atoms with Crippen molar-refractivity contribution in [3.63, 3.8) is 0 Å². The Kier molecular flexibility index (Phi) is 7.55. The molecule has 3 amide bonds. The summed E-state index contributed by atoms with van der Waals surface area (Å²) in [6.45, 7) is 1.91. The zero-order valence-corrected chi connectivity index (χ0v) is 19.3. The molecule has 164 valence electrons. The summed E-state index contributed by atoms with van der Waals surface area (Å²) in [6, 6.07) is 7.03. The third-order valence-corrected chi connectivity index (χ3v) is 6.74. The van der Waals surface area contributed by atoms with Gasteiger partial charge in [-0.05, 0) is 47.8 Å². The van der Waals surface area contributed by atoms with E-state index in [1.165, 1.54) is 0 Å². The Bertz CT molecular complexity index is 999. The van der Waals surface area contributed by atoms with E-state index < -0.39 is 24.2 Å². The van der Waals surface area contributed by atoms with Crippen LogP contribution in [0.5, 0.6) is 0 Å². The molecule has 3 rings (SSSR count). The van der Waals surface area contributed by atoms with E-state index in [2.05, 4.69) is 26.2 Å². The van der Waals surface area contributed by atoms with Crippen LogP contribution in [0.1, 0.15) is 43.4 Å². The van der Waals surface area contributed by atoms with Crippen LogP contribution >= 0.6 is 27.3 Å². The van der Waals surface area contributed by atoms with Crippen LogP contribution in [0.3, 0.4) is 0 Å². The number of nitrogens with one attached hydrogen (secondary N) is 1. The maximum absolute atomic E-state index is 13.1. The van der Waals surface area contributed by atoms with Crippen molar-refractivity contribution in [2.24, 2.45) is 5.92 Å². The number of rotatable bonds is 7. The number of carboxylic acids is 1. The van der Waals surface area contributed by atoms with Gasteiger partial charge in [0.25, 0.3) is 0 Å². The molecular formula is C21H22BrN3O5S. The molecule has 2 aromatic rings. The van der Waals surface area contributed by atoms with E-state index in [0.29, 0.717) is 9.47 Å². The number of benzene rings is 1. The van der Waals surface area contributed by atoms with E-state index >= 15 is 0 Å². The predicted molar refractivity (Wildman–Crippen MR) is 120 cm³/mol. The summed E-state index contributed by atoms with van der Waals surface area (Å²) in [5, 5.41) is 11.6. The van der Waals surface area contributed by atoms with Gasteiger partial charge in [-0.3, -0.25) is 19.2 Å². The van der Waals surface area contributed by atoms with E-state index in [9.17, 15) is 19.2 Å². The highest BCUT2D eigenvalue weighted by Crippen LogP contribution is 2.30. The zero-order valence-electron chi connectivity index (χ0n) is 16.9. The van der Waals surface area contributed by atoms with Gasteiger partial charge in [0.15, 0.2) is 5.13 Å². The Morgan fingerprint density at radius 2 is 1.84 bits per heavy atom. The maximum Gasteiger partial charge on any atom is 0.309 e. The number of hydrogen-bond acceptors (Lipinski definition) is 6. The van der Waals surface area contributed by atoms with Crippen molar-refractivity contribution in [3.8, 4) is 0 Å². The number of aryl methyl sites for hydroxylation is 1. The van der Waals surface area contributed by atoms with Crippen LogP contribution < -0.4 is 10.2 Å². The van der Waals surface area contributed by atoms with Gasteiger partial charge in [-0.25, -0.2) is 9.88 Å². The second-order valence-electron chi connectivity index (χ2n) is 7.42. The minimum Gasteiger partial charge on any atom is -0.481 e. The van der Waals surface area contributed by atoms with E-state index in [1.54, 1.807) is 12.1 Å². The van der Waals surface area contributed by atoms with Gasteiger partial charge in [0.2, 0.25) is 17.7 Å². The number of halogens is 1. The molecule has 0 radical (unpaired) electrons.